The summed E-state index contributed by atoms with van der Waals surface area (Å²) in [6.45, 7) is -0.119. The number of amides is 1. The minimum Gasteiger partial charge on any atom is -0.393 e. The number of carbonyl (C=O) groups is 1. The Kier molecular flexibility index (Phi) is 2.88. The average Bonchev–Trinajstić information content (AvgIpc) is 3.02. The van der Waals surface area contributed by atoms with Crippen LogP contribution in [0.3, 0.4) is 0 Å². The number of rotatable bonds is 3. The van der Waals surface area contributed by atoms with E-state index in [9.17, 15) is 4.79 Å². The Morgan fingerprint density at radius 2 is 2.25 bits per heavy atom. The molecule has 0 unspecified atom stereocenters. The lowest BCUT2D eigenvalue weighted by Gasteiger charge is -2.14. The molecule has 104 valence electrons. The van der Waals surface area contributed by atoms with Gasteiger partial charge in [0.15, 0.2) is 6.23 Å². The van der Waals surface area contributed by atoms with E-state index in [1.165, 1.54) is 12.5 Å². The minimum absolute atomic E-state index is 0.119. The van der Waals surface area contributed by atoms with Crippen LogP contribution in [0.25, 0.3) is 11.0 Å². The predicted molar refractivity (Wildman–Crippen MR) is 70.6 cm³/mol. The molecule has 0 bridgehead atoms. The zero-order valence-electron chi connectivity index (χ0n) is 10.4. The van der Waals surface area contributed by atoms with Gasteiger partial charge < -0.3 is 25.9 Å². The lowest BCUT2D eigenvalue weighted by molar-refractivity contribution is -0.00616. The summed E-state index contributed by atoms with van der Waals surface area (Å²) >= 11 is 0. The summed E-state index contributed by atoms with van der Waals surface area (Å²) in [4.78, 5) is 19.5. The highest BCUT2D eigenvalue weighted by atomic mass is 16.5. The molecule has 1 aliphatic heterocycles. The number of hydrogen-bond acceptors (Lipinski definition) is 6. The van der Waals surface area contributed by atoms with E-state index in [4.69, 9.17) is 21.3 Å². The van der Waals surface area contributed by atoms with Crippen molar-refractivity contribution in [3.05, 3.63) is 30.2 Å². The van der Waals surface area contributed by atoms with Gasteiger partial charge in [-0.15, -0.1) is 0 Å². The maximum absolute atomic E-state index is 11.5. The Morgan fingerprint density at radius 3 is 2.90 bits per heavy atom. The molecule has 0 aliphatic carbocycles. The highest BCUT2D eigenvalue weighted by Gasteiger charge is 2.25. The lowest BCUT2D eigenvalue weighted by Crippen LogP contribution is -2.15. The summed E-state index contributed by atoms with van der Waals surface area (Å²) in [6.07, 6.45) is 5.49. The van der Waals surface area contributed by atoms with Crippen molar-refractivity contribution in [2.45, 2.75) is 12.3 Å². The van der Waals surface area contributed by atoms with Crippen molar-refractivity contribution in [1.82, 2.24) is 14.5 Å². The second-order valence-corrected chi connectivity index (χ2v) is 4.40. The molecule has 8 heteroatoms. The summed E-state index contributed by atoms with van der Waals surface area (Å²) in [5.74, 6) is -0.431. The molecule has 0 saturated carbocycles. The number of carbonyl (C=O) groups excluding carboxylic acids is 1. The lowest BCUT2D eigenvalue weighted by atomic mass is 10.2. The third-order valence-electron chi connectivity index (χ3n) is 3.16. The average molecular weight is 275 g/mol. The molecule has 2 aromatic heterocycles. The zero-order valence-corrected chi connectivity index (χ0v) is 10.4. The maximum atomic E-state index is 11.5. The van der Waals surface area contributed by atoms with Gasteiger partial charge in [0.05, 0.1) is 17.6 Å². The van der Waals surface area contributed by atoms with Gasteiger partial charge in [0.1, 0.15) is 23.9 Å². The standard InChI is InChI=1S/C12H13N5O3/c13-10-9-7(11(14)19)3-17(12(9)16-5-15-10)8-2-1-6(4-18)20-8/h1-3,5-6,8,18H,4H2,(H2,14,19)(H2,13,15,16)/t6-,8+/m0/s1. The second-order valence-electron chi connectivity index (χ2n) is 4.40. The van der Waals surface area contributed by atoms with Crippen molar-refractivity contribution in [2.75, 3.05) is 12.3 Å². The van der Waals surface area contributed by atoms with Gasteiger partial charge >= 0.3 is 0 Å². The van der Waals surface area contributed by atoms with Gasteiger partial charge in [0.2, 0.25) is 0 Å². The molecule has 20 heavy (non-hydrogen) atoms. The van der Waals surface area contributed by atoms with Gasteiger partial charge in [0, 0.05) is 6.20 Å². The van der Waals surface area contributed by atoms with Crippen LogP contribution in [-0.4, -0.2) is 38.3 Å². The molecule has 3 rings (SSSR count). The molecular formula is C12H13N5O3. The number of aliphatic hydroxyl groups excluding tert-OH is 1. The fourth-order valence-electron chi connectivity index (χ4n) is 2.24. The second kappa shape index (κ2) is 4.58. The van der Waals surface area contributed by atoms with Crippen LogP contribution in [0.2, 0.25) is 0 Å². The fourth-order valence-corrected chi connectivity index (χ4v) is 2.24. The first-order chi connectivity index (χ1) is 9.61. The third kappa shape index (κ3) is 1.82. The van der Waals surface area contributed by atoms with E-state index in [0.29, 0.717) is 11.0 Å². The number of aliphatic hydroxyl groups is 1. The Hall–Kier alpha value is -2.45. The van der Waals surface area contributed by atoms with E-state index in [1.807, 2.05) is 0 Å². The number of nitrogens with two attached hydrogens (primary N) is 2. The van der Waals surface area contributed by atoms with Crippen LogP contribution in [0, 0.1) is 0 Å². The SMILES string of the molecule is NC(=O)c1cn([C@H]2C=C[C@@H](CO)O2)c2ncnc(N)c12. The number of anilines is 1. The molecule has 2 aromatic rings. The molecule has 0 spiro atoms. The van der Waals surface area contributed by atoms with Crippen molar-refractivity contribution in [2.24, 2.45) is 5.73 Å². The maximum Gasteiger partial charge on any atom is 0.251 e. The number of aromatic nitrogens is 3. The highest BCUT2D eigenvalue weighted by molar-refractivity contribution is 6.08. The summed E-state index contributed by atoms with van der Waals surface area (Å²) in [6, 6.07) is 0. The van der Waals surface area contributed by atoms with Crippen LogP contribution < -0.4 is 11.5 Å². The molecule has 8 nitrogen and oxygen atoms in total. The van der Waals surface area contributed by atoms with Crippen LogP contribution in [-0.2, 0) is 4.74 Å². The Morgan fingerprint density at radius 1 is 1.45 bits per heavy atom. The smallest absolute Gasteiger partial charge is 0.251 e. The van der Waals surface area contributed by atoms with E-state index in [1.54, 1.807) is 16.7 Å². The third-order valence-corrected chi connectivity index (χ3v) is 3.16. The van der Waals surface area contributed by atoms with E-state index in [0.717, 1.165) is 0 Å². The van der Waals surface area contributed by atoms with Crippen molar-refractivity contribution in [1.29, 1.82) is 0 Å². The molecule has 1 aliphatic rings. The molecule has 0 fully saturated rings. The van der Waals surface area contributed by atoms with Gasteiger partial charge in [-0.05, 0) is 6.08 Å². The molecule has 0 saturated heterocycles. The topological polar surface area (TPSA) is 129 Å². The quantitative estimate of drug-likeness (QED) is 0.651. The van der Waals surface area contributed by atoms with Gasteiger partial charge in [0.25, 0.3) is 5.91 Å². The van der Waals surface area contributed by atoms with Crippen molar-refractivity contribution < 1.29 is 14.6 Å². The molecule has 0 aromatic carbocycles. The molecule has 5 N–H and O–H groups in total. The number of primary amides is 1. The molecule has 1 amide bonds. The number of nitrogens with zero attached hydrogens (tertiary/aromatic N) is 3. The first-order valence-electron chi connectivity index (χ1n) is 5.97. The zero-order chi connectivity index (χ0) is 14.3. The van der Waals surface area contributed by atoms with Crippen molar-refractivity contribution in [3.63, 3.8) is 0 Å². The van der Waals surface area contributed by atoms with Crippen LogP contribution in [0.5, 0.6) is 0 Å². The fraction of sp³-hybridized carbons (Fsp3) is 0.250. The monoisotopic (exact) mass is 275 g/mol. The van der Waals surface area contributed by atoms with E-state index in [2.05, 4.69) is 9.97 Å². The van der Waals surface area contributed by atoms with Gasteiger partial charge in [-0.25, -0.2) is 9.97 Å². The van der Waals surface area contributed by atoms with Crippen molar-refractivity contribution >= 4 is 22.8 Å². The van der Waals surface area contributed by atoms with Crippen molar-refractivity contribution in [3.8, 4) is 0 Å². The predicted octanol–water partition coefficient (Wildman–Crippen LogP) is -0.442. The largest absolute Gasteiger partial charge is 0.393 e. The normalized spacial score (nSPS) is 21.6. The van der Waals surface area contributed by atoms with Gasteiger partial charge in [-0.3, -0.25) is 4.79 Å². The molecule has 3 heterocycles. The Bertz CT molecular complexity index is 708. The van der Waals surface area contributed by atoms with Gasteiger partial charge in [-0.2, -0.15) is 0 Å². The van der Waals surface area contributed by atoms with Crippen LogP contribution in [0.1, 0.15) is 16.6 Å². The molecule has 2 atom stereocenters. The van der Waals surface area contributed by atoms with Gasteiger partial charge in [-0.1, -0.05) is 6.08 Å². The minimum atomic E-state index is -0.615. The van der Waals surface area contributed by atoms with E-state index in [-0.39, 0.29) is 24.1 Å². The Labute approximate surface area is 113 Å². The summed E-state index contributed by atoms with van der Waals surface area (Å²) in [5, 5.41) is 9.48. The first-order valence-corrected chi connectivity index (χ1v) is 5.97. The Balaban J connectivity index is 2.15. The van der Waals surface area contributed by atoms with E-state index < -0.39 is 12.1 Å². The number of hydrogen-bond donors (Lipinski definition) is 3. The van der Waals surface area contributed by atoms with Crippen LogP contribution >= 0.6 is 0 Å². The van der Waals surface area contributed by atoms with Crippen LogP contribution in [0.15, 0.2) is 24.7 Å². The van der Waals surface area contributed by atoms with E-state index >= 15 is 0 Å². The first kappa shape index (κ1) is 12.6. The summed E-state index contributed by atoms with van der Waals surface area (Å²) in [5.41, 5.74) is 11.8. The number of ether oxygens (including phenoxy) is 1. The van der Waals surface area contributed by atoms with Crippen LogP contribution in [0.4, 0.5) is 5.82 Å². The molecule has 0 radical (unpaired) electrons. The summed E-state index contributed by atoms with van der Waals surface area (Å²) in [7, 11) is 0. The molecular weight excluding hydrogens is 262 g/mol. The number of nitrogen functional groups attached to an aromatic ring is 1. The highest BCUT2D eigenvalue weighted by Crippen LogP contribution is 2.30. The summed E-state index contributed by atoms with van der Waals surface area (Å²) < 4.78 is 7.22. The number of fused-ring (bicyclic) bond motifs is 1.